The third-order valence-corrected chi connectivity index (χ3v) is 3.51. The summed E-state index contributed by atoms with van der Waals surface area (Å²) < 4.78 is 5.76. The molecule has 0 fully saturated rings. The first kappa shape index (κ1) is 15.5. The molecule has 21 heavy (non-hydrogen) atoms. The maximum absolute atomic E-state index is 9.50. The van der Waals surface area contributed by atoms with Crippen LogP contribution >= 0.6 is 0 Å². The summed E-state index contributed by atoms with van der Waals surface area (Å²) in [5.41, 5.74) is 8.08. The summed E-state index contributed by atoms with van der Waals surface area (Å²) in [6.07, 6.45) is 0.341. The van der Waals surface area contributed by atoms with Crippen molar-refractivity contribution in [2.24, 2.45) is 5.73 Å². The van der Waals surface area contributed by atoms with Gasteiger partial charge in [0.05, 0.1) is 6.10 Å². The molecule has 112 valence electrons. The fourth-order valence-electron chi connectivity index (χ4n) is 2.36. The summed E-state index contributed by atoms with van der Waals surface area (Å²) in [7, 11) is 0. The van der Waals surface area contributed by atoms with Crippen LogP contribution in [0, 0.1) is 0 Å². The highest BCUT2D eigenvalue weighted by Crippen LogP contribution is 2.23. The van der Waals surface area contributed by atoms with Crippen molar-refractivity contribution in [3.63, 3.8) is 0 Å². The van der Waals surface area contributed by atoms with Crippen molar-refractivity contribution in [2.45, 2.75) is 32.0 Å². The fraction of sp³-hybridized carbons (Fsp3) is 0.333. The molecular formula is C18H23NO2. The van der Waals surface area contributed by atoms with Crippen LogP contribution in [-0.2, 0) is 6.61 Å². The minimum atomic E-state index is -0.340. The van der Waals surface area contributed by atoms with Gasteiger partial charge in [-0.3, -0.25) is 0 Å². The van der Waals surface area contributed by atoms with Crippen LogP contribution in [0.2, 0.25) is 0 Å². The van der Waals surface area contributed by atoms with Crippen molar-refractivity contribution in [1.82, 2.24) is 0 Å². The minimum Gasteiger partial charge on any atom is -0.489 e. The molecule has 0 saturated heterocycles. The molecule has 0 aliphatic carbocycles. The number of nitrogens with two attached hydrogens (primary N) is 1. The van der Waals surface area contributed by atoms with Crippen molar-refractivity contribution in [1.29, 1.82) is 0 Å². The van der Waals surface area contributed by atoms with Gasteiger partial charge in [0.15, 0.2) is 0 Å². The molecule has 2 aromatic rings. The summed E-state index contributed by atoms with van der Waals surface area (Å²) >= 11 is 0. The van der Waals surface area contributed by atoms with Crippen LogP contribution < -0.4 is 10.5 Å². The largest absolute Gasteiger partial charge is 0.489 e. The van der Waals surface area contributed by atoms with Gasteiger partial charge in [0.25, 0.3) is 0 Å². The van der Waals surface area contributed by atoms with Crippen molar-refractivity contribution >= 4 is 0 Å². The van der Waals surface area contributed by atoms with Gasteiger partial charge in [0, 0.05) is 0 Å². The van der Waals surface area contributed by atoms with E-state index in [-0.39, 0.29) is 12.0 Å². The zero-order chi connectivity index (χ0) is 15.1. The molecule has 2 atom stereocenters. The molecule has 2 aromatic carbocycles. The number of aliphatic hydroxyl groups excluding tert-OH is 1. The normalized spacial score (nSPS) is 13.7. The lowest BCUT2D eigenvalue weighted by Gasteiger charge is -2.17. The predicted octanol–water partition coefficient (Wildman–Crippen LogP) is 3.08. The van der Waals surface area contributed by atoms with E-state index in [2.05, 4.69) is 0 Å². The van der Waals surface area contributed by atoms with Crippen LogP contribution in [-0.4, -0.2) is 17.8 Å². The summed E-state index contributed by atoms with van der Waals surface area (Å²) in [5.74, 6) is 1.03. The van der Waals surface area contributed by atoms with Gasteiger partial charge in [-0.1, -0.05) is 42.5 Å². The van der Waals surface area contributed by atoms with Crippen molar-refractivity contribution in [3.8, 4) is 5.75 Å². The van der Waals surface area contributed by atoms with E-state index in [1.807, 2.05) is 54.6 Å². The zero-order valence-corrected chi connectivity index (χ0v) is 12.4. The topological polar surface area (TPSA) is 55.5 Å². The number of hydrogen-bond donors (Lipinski definition) is 2. The van der Waals surface area contributed by atoms with Gasteiger partial charge in [0.1, 0.15) is 12.4 Å². The van der Waals surface area contributed by atoms with Gasteiger partial charge in [-0.2, -0.15) is 0 Å². The van der Waals surface area contributed by atoms with Crippen LogP contribution in [0.1, 0.15) is 30.4 Å². The van der Waals surface area contributed by atoms with E-state index in [1.165, 1.54) is 0 Å². The van der Waals surface area contributed by atoms with Crippen LogP contribution in [0.4, 0.5) is 0 Å². The van der Waals surface area contributed by atoms with E-state index in [0.717, 1.165) is 16.9 Å². The van der Waals surface area contributed by atoms with Crippen molar-refractivity contribution < 1.29 is 9.84 Å². The Hall–Kier alpha value is -1.84. The maximum atomic E-state index is 9.50. The van der Waals surface area contributed by atoms with Gasteiger partial charge in [0.2, 0.25) is 0 Å². The molecule has 3 nitrogen and oxygen atoms in total. The standard InChI is InChI=1S/C18H23NO2/c1-14(20)11-17(12-19)16-7-9-18(10-8-16)21-13-15-5-3-2-4-6-15/h2-10,14,17,20H,11-13,19H2,1H3. The zero-order valence-electron chi connectivity index (χ0n) is 12.4. The molecule has 0 amide bonds. The highest BCUT2D eigenvalue weighted by molar-refractivity contribution is 5.30. The SMILES string of the molecule is CC(O)CC(CN)c1ccc(OCc2ccccc2)cc1. The van der Waals surface area contributed by atoms with E-state index in [9.17, 15) is 5.11 Å². The first-order chi connectivity index (χ1) is 10.2. The fourth-order valence-corrected chi connectivity index (χ4v) is 2.36. The smallest absolute Gasteiger partial charge is 0.119 e. The molecular weight excluding hydrogens is 262 g/mol. The molecule has 0 saturated carbocycles. The number of hydrogen-bond acceptors (Lipinski definition) is 3. The number of aliphatic hydroxyl groups is 1. The van der Waals surface area contributed by atoms with Gasteiger partial charge in [-0.15, -0.1) is 0 Å². The van der Waals surface area contributed by atoms with Crippen LogP contribution in [0.25, 0.3) is 0 Å². The van der Waals surface area contributed by atoms with Crippen LogP contribution in [0.3, 0.4) is 0 Å². The molecule has 0 aromatic heterocycles. The average molecular weight is 285 g/mol. The van der Waals surface area contributed by atoms with Gasteiger partial charge >= 0.3 is 0 Å². The first-order valence-corrected chi connectivity index (χ1v) is 7.34. The molecule has 2 rings (SSSR count). The predicted molar refractivity (Wildman–Crippen MR) is 85.3 cm³/mol. The molecule has 3 N–H and O–H groups in total. The number of rotatable bonds is 7. The second kappa shape index (κ2) is 7.81. The third-order valence-electron chi connectivity index (χ3n) is 3.51. The highest BCUT2D eigenvalue weighted by atomic mass is 16.5. The first-order valence-electron chi connectivity index (χ1n) is 7.34. The summed E-state index contributed by atoms with van der Waals surface area (Å²) in [6, 6.07) is 18.1. The number of ether oxygens (including phenoxy) is 1. The Balaban J connectivity index is 1.95. The molecule has 0 aliphatic rings. The summed E-state index contributed by atoms with van der Waals surface area (Å²) in [6.45, 7) is 2.89. The molecule has 0 aliphatic heterocycles. The second-order valence-corrected chi connectivity index (χ2v) is 5.36. The quantitative estimate of drug-likeness (QED) is 0.822. The van der Waals surface area contributed by atoms with Gasteiger partial charge < -0.3 is 15.6 Å². The Kier molecular flexibility index (Phi) is 5.78. The molecule has 0 spiro atoms. The van der Waals surface area contributed by atoms with E-state index in [4.69, 9.17) is 10.5 Å². The Morgan fingerprint density at radius 3 is 2.29 bits per heavy atom. The molecule has 3 heteroatoms. The lowest BCUT2D eigenvalue weighted by Crippen LogP contribution is -2.17. The molecule has 0 radical (unpaired) electrons. The number of benzene rings is 2. The average Bonchev–Trinajstić information content (AvgIpc) is 2.52. The minimum absolute atomic E-state index is 0.188. The van der Waals surface area contributed by atoms with Crippen LogP contribution in [0.5, 0.6) is 5.75 Å². The van der Waals surface area contributed by atoms with E-state index in [0.29, 0.717) is 19.6 Å². The lowest BCUT2D eigenvalue weighted by atomic mass is 9.93. The third kappa shape index (κ3) is 4.88. The highest BCUT2D eigenvalue weighted by Gasteiger charge is 2.12. The molecule has 0 heterocycles. The summed E-state index contributed by atoms with van der Waals surface area (Å²) in [5, 5.41) is 9.50. The van der Waals surface area contributed by atoms with Gasteiger partial charge in [-0.25, -0.2) is 0 Å². The van der Waals surface area contributed by atoms with E-state index < -0.39 is 0 Å². The maximum Gasteiger partial charge on any atom is 0.119 e. The van der Waals surface area contributed by atoms with E-state index >= 15 is 0 Å². The Morgan fingerprint density at radius 1 is 1.05 bits per heavy atom. The second-order valence-electron chi connectivity index (χ2n) is 5.36. The lowest BCUT2D eigenvalue weighted by molar-refractivity contribution is 0.175. The van der Waals surface area contributed by atoms with Crippen LogP contribution in [0.15, 0.2) is 54.6 Å². The Labute approximate surface area is 126 Å². The summed E-state index contributed by atoms with van der Waals surface area (Å²) in [4.78, 5) is 0. The molecule has 2 unspecified atom stereocenters. The Morgan fingerprint density at radius 2 is 1.71 bits per heavy atom. The monoisotopic (exact) mass is 285 g/mol. The molecule has 0 bridgehead atoms. The van der Waals surface area contributed by atoms with E-state index in [1.54, 1.807) is 6.92 Å². The van der Waals surface area contributed by atoms with Gasteiger partial charge in [-0.05, 0) is 49.1 Å². The Bertz CT molecular complexity index is 523. The van der Waals surface area contributed by atoms with Crippen molar-refractivity contribution in [2.75, 3.05) is 6.54 Å². The van der Waals surface area contributed by atoms with Crippen molar-refractivity contribution in [3.05, 3.63) is 65.7 Å².